The second kappa shape index (κ2) is 7.58. The fraction of sp³-hybridized carbons (Fsp3) is 0.143. The Kier molecular flexibility index (Phi) is 4.82. The molecule has 0 aliphatic heterocycles. The Hall–Kier alpha value is -3.58. The van der Waals surface area contributed by atoms with Gasteiger partial charge in [-0.25, -0.2) is 9.97 Å². The van der Waals surface area contributed by atoms with Gasteiger partial charge in [-0.2, -0.15) is 0 Å². The van der Waals surface area contributed by atoms with Crippen molar-refractivity contribution >= 4 is 16.9 Å². The van der Waals surface area contributed by atoms with E-state index in [9.17, 15) is 0 Å². The molecule has 0 aliphatic carbocycles. The van der Waals surface area contributed by atoms with Gasteiger partial charge in [0.05, 0.1) is 18.2 Å². The summed E-state index contributed by atoms with van der Waals surface area (Å²) >= 11 is 0. The minimum absolute atomic E-state index is 0.435. The van der Waals surface area contributed by atoms with E-state index in [-0.39, 0.29) is 0 Å². The summed E-state index contributed by atoms with van der Waals surface area (Å²) in [6.07, 6.45) is 3.49. The van der Waals surface area contributed by atoms with Crippen molar-refractivity contribution in [3.63, 3.8) is 0 Å². The molecular formula is C21H21N5O2. The van der Waals surface area contributed by atoms with Gasteiger partial charge in [0.25, 0.3) is 0 Å². The summed E-state index contributed by atoms with van der Waals surface area (Å²) in [7, 11) is 1.65. The maximum absolute atomic E-state index is 6.21. The van der Waals surface area contributed by atoms with Crippen LogP contribution in [0.3, 0.4) is 0 Å². The summed E-state index contributed by atoms with van der Waals surface area (Å²) in [4.78, 5) is 8.66. The second-order valence-electron chi connectivity index (χ2n) is 6.23. The fourth-order valence-electron chi connectivity index (χ4n) is 3.17. The summed E-state index contributed by atoms with van der Waals surface area (Å²) in [6.45, 7) is 0.921. The molecule has 2 heterocycles. The van der Waals surface area contributed by atoms with Crippen molar-refractivity contribution in [2.24, 2.45) is 5.73 Å². The maximum Gasteiger partial charge on any atom is 0.150 e. The predicted molar refractivity (Wildman–Crippen MR) is 110 cm³/mol. The minimum Gasteiger partial charge on any atom is -0.497 e. The number of nitrogen functional groups attached to an aromatic ring is 1. The second-order valence-corrected chi connectivity index (χ2v) is 6.23. The first kappa shape index (κ1) is 17.8. The summed E-state index contributed by atoms with van der Waals surface area (Å²) in [5, 5.41) is 0.806. The van der Waals surface area contributed by atoms with E-state index in [0.29, 0.717) is 19.0 Å². The van der Waals surface area contributed by atoms with E-state index < -0.39 is 0 Å². The predicted octanol–water partition coefficient (Wildman–Crippen LogP) is 3.02. The number of hydrogen-bond acceptors (Lipinski definition) is 6. The quantitative estimate of drug-likeness (QED) is 0.537. The third kappa shape index (κ3) is 3.23. The van der Waals surface area contributed by atoms with Crippen LogP contribution in [0.4, 0.5) is 5.82 Å². The normalized spacial score (nSPS) is 10.9. The number of aromatic nitrogens is 3. The van der Waals surface area contributed by atoms with Crippen LogP contribution >= 0.6 is 0 Å². The van der Waals surface area contributed by atoms with Gasteiger partial charge in [-0.15, -0.1) is 0 Å². The highest BCUT2D eigenvalue weighted by Gasteiger charge is 2.16. The van der Waals surface area contributed by atoms with Crippen LogP contribution < -0.4 is 20.9 Å². The molecule has 0 atom stereocenters. The molecule has 7 heteroatoms. The number of methoxy groups -OCH3 is 1. The van der Waals surface area contributed by atoms with Crippen molar-refractivity contribution < 1.29 is 9.47 Å². The molecule has 2 aromatic heterocycles. The Balaban J connectivity index is 1.87. The zero-order chi connectivity index (χ0) is 19.5. The molecule has 4 rings (SSSR count). The standard InChI is InChI=1S/C21H21N5O2/c1-27-16-7-5-14(6-8-16)18-12-26(21-19(18)20(23)24-13-25-21)15-3-2-4-17(11-15)28-10-9-22/h2-8,11-13H,9-10,22H2,1H3,(H2,23,24,25). The van der Waals surface area contributed by atoms with Crippen LogP contribution in [0, 0.1) is 0 Å². The van der Waals surface area contributed by atoms with Crippen LogP contribution in [0.1, 0.15) is 0 Å². The largest absolute Gasteiger partial charge is 0.497 e. The number of fused-ring (bicyclic) bond motifs is 1. The Morgan fingerprint density at radius 3 is 2.61 bits per heavy atom. The van der Waals surface area contributed by atoms with Crippen molar-refractivity contribution in [1.82, 2.24) is 14.5 Å². The molecule has 0 saturated carbocycles. The van der Waals surface area contributed by atoms with E-state index in [1.165, 1.54) is 6.33 Å². The molecule has 0 unspecified atom stereocenters. The third-order valence-electron chi connectivity index (χ3n) is 4.50. The molecule has 0 spiro atoms. The van der Waals surface area contributed by atoms with Crippen molar-refractivity contribution in [2.75, 3.05) is 26.0 Å². The van der Waals surface area contributed by atoms with E-state index >= 15 is 0 Å². The lowest BCUT2D eigenvalue weighted by molar-refractivity contribution is 0.328. The average molecular weight is 375 g/mol. The third-order valence-corrected chi connectivity index (χ3v) is 4.50. The lowest BCUT2D eigenvalue weighted by Gasteiger charge is -2.08. The number of nitrogens with two attached hydrogens (primary N) is 2. The highest BCUT2D eigenvalue weighted by molar-refractivity contribution is 6.01. The van der Waals surface area contributed by atoms with Gasteiger partial charge in [0.15, 0.2) is 5.65 Å². The molecular weight excluding hydrogens is 354 g/mol. The molecule has 28 heavy (non-hydrogen) atoms. The average Bonchev–Trinajstić information content (AvgIpc) is 3.13. The fourth-order valence-corrected chi connectivity index (χ4v) is 3.17. The number of ether oxygens (including phenoxy) is 2. The van der Waals surface area contributed by atoms with Crippen molar-refractivity contribution in [2.45, 2.75) is 0 Å². The van der Waals surface area contributed by atoms with Gasteiger partial charge in [0.1, 0.15) is 30.3 Å². The van der Waals surface area contributed by atoms with E-state index in [4.69, 9.17) is 20.9 Å². The zero-order valence-electron chi connectivity index (χ0n) is 15.5. The highest BCUT2D eigenvalue weighted by atomic mass is 16.5. The highest BCUT2D eigenvalue weighted by Crippen LogP contribution is 2.35. The van der Waals surface area contributed by atoms with E-state index in [1.807, 2.05) is 59.3 Å². The van der Waals surface area contributed by atoms with Gasteiger partial charge in [-0.3, -0.25) is 0 Å². The first-order valence-electron chi connectivity index (χ1n) is 8.90. The molecule has 4 N–H and O–H groups in total. The van der Waals surface area contributed by atoms with Crippen molar-refractivity contribution in [3.8, 4) is 28.3 Å². The zero-order valence-corrected chi connectivity index (χ0v) is 15.5. The minimum atomic E-state index is 0.435. The molecule has 0 radical (unpaired) electrons. The van der Waals surface area contributed by atoms with Crippen LogP contribution in [0.5, 0.6) is 11.5 Å². The van der Waals surface area contributed by atoms with Crippen molar-refractivity contribution in [1.29, 1.82) is 0 Å². The Morgan fingerprint density at radius 2 is 1.86 bits per heavy atom. The van der Waals surface area contributed by atoms with Gasteiger partial charge in [0, 0.05) is 24.4 Å². The van der Waals surface area contributed by atoms with Crippen LogP contribution in [-0.4, -0.2) is 34.8 Å². The molecule has 0 saturated heterocycles. The van der Waals surface area contributed by atoms with Gasteiger partial charge in [0.2, 0.25) is 0 Å². The number of anilines is 1. The number of rotatable bonds is 6. The maximum atomic E-state index is 6.21. The summed E-state index contributed by atoms with van der Waals surface area (Å²) in [5.41, 5.74) is 15.3. The first-order chi connectivity index (χ1) is 13.7. The topological polar surface area (TPSA) is 101 Å². The summed E-state index contributed by atoms with van der Waals surface area (Å²) < 4.78 is 12.9. The lowest BCUT2D eigenvalue weighted by Crippen LogP contribution is -2.10. The van der Waals surface area contributed by atoms with Gasteiger partial charge in [-0.1, -0.05) is 18.2 Å². The first-order valence-corrected chi connectivity index (χ1v) is 8.90. The van der Waals surface area contributed by atoms with Gasteiger partial charge in [-0.05, 0) is 29.8 Å². The number of benzene rings is 2. The summed E-state index contributed by atoms with van der Waals surface area (Å²) in [6, 6.07) is 15.6. The van der Waals surface area contributed by atoms with Crippen molar-refractivity contribution in [3.05, 3.63) is 61.1 Å². The number of nitrogens with zero attached hydrogens (tertiary/aromatic N) is 3. The van der Waals surface area contributed by atoms with Crippen LogP contribution in [0.15, 0.2) is 61.1 Å². The summed E-state index contributed by atoms with van der Waals surface area (Å²) in [5.74, 6) is 1.98. The Bertz CT molecular complexity index is 1110. The van der Waals surface area contributed by atoms with E-state index in [2.05, 4.69) is 9.97 Å². The van der Waals surface area contributed by atoms with E-state index in [0.717, 1.165) is 39.3 Å². The monoisotopic (exact) mass is 375 g/mol. The molecule has 0 aliphatic rings. The van der Waals surface area contributed by atoms with Crippen LogP contribution in [0.25, 0.3) is 27.8 Å². The van der Waals surface area contributed by atoms with Gasteiger partial charge >= 0.3 is 0 Å². The Labute approximate surface area is 162 Å². The number of hydrogen-bond donors (Lipinski definition) is 2. The SMILES string of the molecule is COc1ccc(-c2cn(-c3cccc(OCCN)c3)c3ncnc(N)c23)cc1. The molecule has 7 nitrogen and oxygen atoms in total. The van der Waals surface area contributed by atoms with Crippen LogP contribution in [0.2, 0.25) is 0 Å². The van der Waals surface area contributed by atoms with E-state index in [1.54, 1.807) is 7.11 Å². The molecule has 142 valence electrons. The smallest absolute Gasteiger partial charge is 0.150 e. The van der Waals surface area contributed by atoms with Crippen LogP contribution in [-0.2, 0) is 0 Å². The van der Waals surface area contributed by atoms with Gasteiger partial charge < -0.3 is 25.5 Å². The lowest BCUT2D eigenvalue weighted by atomic mass is 10.1. The molecule has 0 amide bonds. The Morgan fingerprint density at radius 1 is 1.04 bits per heavy atom. The molecule has 0 bridgehead atoms. The molecule has 0 fully saturated rings. The molecule has 2 aromatic carbocycles. The molecule has 4 aromatic rings.